The molecule has 0 aliphatic carbocycles. The third-order valence-electron chi connectivity index (χ3n) is 3.05. The van der Waals surface area contributed by atoms with Crippen molar-refractivity contribution in [1.82, 2.24) is 14.5 Å². The number of hydrogen-bond acceptors (Lipinski definition) is 3. The summed E-state index contributed by atoms with van der Waals surface area (Å²) in [6.07, 6.45) is 1.68. The van der Waals surface area contributed by atoms with E-state index < -0.39 is 0 Å². The Morgan fingerprint density at radius 1 is 1.21 bits per heavy atom. The molecule has 0 atom stereocenters. The second-order valence-corrected chi connectivity index (χ2v) is 4.69. The molecule has 3 aromatic rings. The molecule has 0 radical (unpaired) electrons. The highest BCUT2D eigenvalue weighted by Gasteiger charge is 2.10. The van der Waals surface area contributed by atoms with E-state index in [0.717, 1.165) is 23.4 Å². The fraction of sp³-hybridized carbons (Fsp3) is 0.143. The topological polar surface area (TPSA) is 56.7 Å². The molecule has 2 aromatic heterocycles. The number of aromatic nitrogens is 3. The van der Waals surface area contributed by atoms with Gasteiger partial charge in [0.15, 0.2) is 0 Å². The van der Waals surface area contributed by atoms with Crippen LogP contribution in [0.4, 0.5) is 0 Å². The highest BCUT2D eigenvalue weighted by atomic mass is 35.5. The molecule has 0 saturated heterocycles. The molecule has 0 saturated carbocycles. The van der Waals surface area contributed by atoms with Crippen molar-refractivity contribution in [2.45, 2.75) is 13.1 Å². The van der Waals surface area contributed by atoms with Gasteiger partial charge in [0.1, 0.15) is 16.5 Å². The van der Waals surface area contributed by atoms with Gasteiger partial charge in [0.2, 0.25) is 0 Å². The van der Waals surface area contributed by atoms with Gasteiger partial charge < -0.3 is 10.3 Å². The van der Waals surface area contributed by atoms with Crippen LogP contribution in [-0.2, 0) is 13.1 Å². The number of pyridine rings is 1. The van der Waals surface area contributed by atoms with Crippen molar-refractivity contribution < 1.29 is 0 Å². The average molecular weight is 273 g/mol. The Morgan fingerprint density at radius 3 is 2.74 bits per heavy atom. The standard InChI is InChI=1S/C14H13ClN4/c15-13-6-12-11(8-17-13)18-14(7-16)19(12)9-10-4-2-1-3-5-10/h1-6,8H,7,9,16H2. The summed E-state index contributed by atoms with van der Waals surface area (Å²) in [4.78, 5) is 8.54. The van der Waals surface area contributed by atoms with Gasteiger partial charge in [-0.05, 0) is 5.56 Å². The van der Waals surface area contributed by atoms with Gasteiger partial charge in [-0.15, -0.1) is 0 Å². The lowest BCUT2D eigenvalue weighted by atomic mass is 10.2. The molecule has 0 bridgehead atoms. The maximum atomic E-state index is 5.96. The van der Waals surface area contributed by atoms with Gasteiger partial charge in [-0.3, -0.25) is 0 Å². The Kier molecular flexibility index (Phi) is 3.19. The van der Waals surface area contributed by atoms with Crippen LogP contribution in [0.25, 0.3) is 11.0 Å². The van der Waals surface area contributed by atoms with E-state index in [1.165, 1.54) is 5.56 Å². The molecule has 2 heterocycles. The van der Waals surface area contributed by atoms with Crippen molar-refractivity contribution in [1.29, 1.82) is 0 Å². The van der Waals surface area contributed by atoms with Crippen LogP contribution >= 0.6 is 11.6 Å². The van der Waals surface area contributed by atoms with Gasteiger partial charge in [0, 0.05) is 12.6 Å². The van der Waals surface area contributed by atoms with Crippen molar-refractivity contribution in [3.05, 3.63) is 59.1 Å². The normalized spacial score (nSPS) is 11.1. The number of nitrogens with zero attached hydrogens (tertiary/aromatic N) is 3. The van der Waals surface area contributed by atoms with Crippen molar-refractivity contribution in [2.75, 3.05) is 0 Å². The third-order valence-corrected chi connectivity index (χ3v) is 3.25. The van der Waals surface area contributed by atoms with Gasteiger partial charge in [0.05, 0.1) is 18.3 Å². The first kappa shape index (κ1) is 12.1. The zero-order chi connectivity index (χ0) is 13.2. The maximum Gasteiger partial charge on any atom is 0.131 e. The molecule has 1 aromatic carbocycles. The van der Waals surface area contributed by atoms with E-state index in [2.05, 4.69) is 26.7 Å². The van der Waals surface area contributed by atoms with E-state index in [1.54, 1.807) is 6.20 Å². The second-order valence-electron chi connectivity index (χ2n) is 4.30. The molecule has 2 N–H and O–H groups in total. The predicted octanol–water partition coefficient (Wildman–Crippen LogP) is 2.59. The summed E-state index contributed by atoms with van der Waals surface area (Å²) in [6.45, 7) is 1.11. The van der Waals surface area contributed by atoms with Crippen molar-refractivity contribution in [3.63, 3.8) is 0 Å². The molecule has 0 fully saturated rings. The summed E-state index contributed by atoms with van der Waals surface area (Å²) < 4.78 is 2.08. The lowest BCUT2D eigenvalue weighted by Crippen LogP contribution is -2.09. The van der Waals surface area contributed by atoms with Crippen molar-refractivity contribution >= 4 is 22.6 Å². The average Bonchev–Trinajstić information content (AvgIpc) is 2.78. The quantitative estimate of drug-likeness (QED) is 0.746. The van der Waals surface area contributed by atoms with Crippen LogP contribution in [0.2, 0.25) is 5.15 Å². The summed E-state index contributed by atoms with van der Waals surface area (Å²) in [5.41, 5.74) is 8.75. The fourth-order valence-corrected chi connectivity index (χ4v) is 2.30. The van der Waals surface area contributed by atoms with Crippen molar-refractivity contribution in [3.8, 4) is 0 Å². The summed E-state index contributed by atoms with van der Waals surface area (Å²) >= 11 is 5.96. The van der Waals surface area contributed by atoms with Crippen LogP contribution in [0.3, 0.4) is 0 Å². The number of nitrogens with two attached hydrogens (primary N) is 1. The summed E-state index contributed by atoms with van der Waals surface area (Å²) in [5.74, 6) is 0.836. The Bertz CT molecular complexity index is 706. The van der Waals surface area contributed by atoms with E-state index in [1.807, 2.05) is 24.3 Å². The molecule has 96 valence electrons. The van der Waals surface area contributed by atoms with Gasteiger partial charge >= 0.3 is 0 Å². The van der Waals surface area contributed by atoms with E-state index in [-0.39, 0.29) is 0 Å². The number of rotatable bonds is 3. The highest BCUT2D eigenvalue weighted by Crippen LogP contribution is 2.20. The van der Waals surface area contributed by atoms with Crippen LogP contribution in [-0.4, -0.2) is 14.5 Å². The zero-order valence-corrected chi connectivity index (χ0v) is 11.0. The first-order chi connectivity index (χ1) is 9.28. The monoisotopic (exact) mass is 272 g/mol. The molecule has 0 aliphatic rings. The minimum atomic E-state index is 0.388. The SMILES string of the molecule is NCc1nc2cnc(Cl)cc2n1Cc1ccccc1. The fourth-order valence-electron chi connectivity index (χ4n) is 2.15. The first-order valence-electron chi connectivity index (χ1n) is 6.02. The molecule has 0 amide bonds. The van der Waals surface area contributed by atoms with E-state index in [9.17, 15) is 0 Å². The summed E-state index contributed by atoms with van der Waals surface area (Å²) in [5, 5.41) is 0.463. The van der Waals surface area contributed by atoms with Gasteiger partial charge in [-0.1, -0.05) is 41.9 Å². The Balaban J connectivity index is 2.12. The maximum absolute atomic E-state index is 5.96. The molecular formula is C14H13ClN4. The molecule has 0 aliphatic heterocycles. The van der Waals surface area contributed by atoms with Crippen LogP contribution < -0.4 is 5.73 Å². The minimum Gasteiger partial charge on any atom is -0.324 e. The zero-order valence-electron chi connectivity index (χ0n) is 10.3. The number of hydrogen-bond donors (Lipinski definition) is 1. The minimum absolute atomic E-state index is 0.388. The van der Waals surface area contributed by atoms with Gasteiger partial charge in [0.25, 0.3) is 0 Å². The molecular weight excluding hydrogens is 260 g/mol. The smallest absolute Gasteiger partial charge is 0.131 e. The Morgan fingerprint density at radius 2 is 2.00 bits per heavy atom. The molecule has 19 heavy (non-hydrogen) atoms. The lowest BCUT2D eigenvalue weighted by Gasteiger charge is -2.08. The number of imidazole rings is 1. The Hall–Kier alpha value is -1.91. The van der Waals surface area contributed by atoms with E-state index in [4.69, 9.17) is 17.3 Å². The molecule has 0 spiro atoms. The molecule has 3 rings (SSSR count). The van der Waals surface area contributed by atoms with E-state index in [0.29, 0.717) is 11.7 Å². The summed E-state index contributed by atoms with van der Waals surface area (Å²) in [7, 11) is 0. The van der Waals surface area contributed by atoms with Crippen LogP contribution in [0.5, 0.6) is 0 Å². The van der Waals surface area contributed by atoms with Gasteiger partial charge in [-0.25, -0.2) is 9.97 Å². The largest absolute Gasteiger partial charge is 0.324 e. The lowest BCUT2D eigenvalue weighted by molar-refractivity contribution is 0.744. The molecule has 0 unspecified atom stereocenters. The molecule has 5 heteroatoms. The summed E-state index contributed by atoms with van der Waals surface area (Å²) in [6, 6.07) is 12.0. The number of benzene rings is 1. The Labute approximate surface area is 115 Å². The van der Waals surface area contributed by atoms with Crippen LogP contribution in [0, 0.1) is 0 Å². The second kappa shape index (κ2) is 4.99. The highest BCUT2D eigenvalue weighted by molar-refractivity contribution is 6.29. The third kappa shape index (κ3) is 2.32. The molecule has 4 nitrogen and oxygen atoms in total. The van der Waals surface area contributed by atoms with Gasteiger partial charge in [-0.2, -0.15) is 0 Å². The number of fused-ring (bicyclic) bond motifs is 1. The van der Waals surface area contributed by atoms with Crippen LogP contribution in [0.15, 0.2) is 42.6 Å². The van der Waals surface area contributed by atoms with Crippen LogP contribution in [0.1, 0.15) is 11.4 Å². The number of halogens is 1. The van der Waals surface area contributed by atoms with E-state index >= 15 is 0 Å². The first-order valence-corrected chi connectivity index (χ1v) is 6.40. The van der Waals surface area contributed by atoms with Crippen molar-refractivity contribution in [2.24, 2.45) is 5.73 Å². The predicted molar refractivity (Wildman–Crippen MR) is 76.0 cm³/mol.